The molecule has 1 N–H and O–H groups in total. The maximum atomic E-state index is 12.3. The highest BCUT2D eigenvalue weighted by atomic mass is 32.2. The van der Waals surface area contributed by atoms with Crippen molar-refractivity contribution >= 4 is 10.0 Å². The van der Waals surface area contributed by atoms with Gasteiger partial charge in [0.15, 0.2) is 0 Å². The van der Waals surface area contributed by atoms with Crippen LogP contribution in [-0.2, 0) is 10.0 Å². The van der Waals surface area contributed by atoms with Gasteiger partial charge in [-0.25, -0.2) is 13.1 Å². The largest absolute Gasteiger partial charge is 0.376 e. The van der Waals surface area contributed by atoms with Crippen molar-refractivity contribution in [2.45, 2.75) is 37.0 Å². The number of allylic oxidation sites excluding steroid dienone is 2. The summed E-state index contributed by atoms with van der Waals surface area (Å²) in [7, 11) is -1.36. The number of aromatic nitrogens is 1. The minimum absolute atomic E-state index is 0.231. The van der Waals surface area contributed by atoms with Gasteiger partial charge in [0.2, 0.25) is 10.0 Å². The lowest BCUT2D eigenvalue weighted by molar-refractivity contribution is 0.257. The number of pyridine rings is 1. The SMILES string of the molecule is CN1C=C([C@@H]2CCCC[C@H]2CCNS(=O)(=O)c2cccnc2)C=CC1. The van der Waals surface area contributed by atoms with Crippen molar-refractivity contribution < 1.29 is 8.42 Å². The Morgan fingerprint density at radius 2 is 2.16 bits per heavy atom. The molecule has 0 radical (unpaired) electrons. The first kappa shape index (κ1) is 18.1. The van der Waals surface area contributed by atoms with Crippen LogP contribution < -0.4 is 4.72 Å². The molecule has 1 fully saturated rings. The molecule has 1 aromatic heterocycles. The zero-order valence-electron chi connectivity index (χ0n) is 14.8. The van der Waals surface area contributed by atoms with Crippen LogP contribution in [0.25, 0.3) is 0 Å². The molecule has 1 aliphatic heterocycles. The number of sulfonamides is 1. The monoisotopic (exact) mass is 361 g/mol. The van der Waals surface area contributed by atoms with Gasteiger partial charge in [0.05, 0.1) is 0 Å². The molecule has 2 aliphatic rings. The van der Waals surface area contributed by atoms with Gasteiger partial charge in [0.1, 0.15) is 4.90 Å². The van der Waals surface area contributed by atoms with Gasteiger partial charge in [-0.3, -0.25) is 4.98 Å². The van der Waals surface area contributed by atoms with Crippen LogP contribution in [0.1, 0.15) is 32.1 Å². The molecule has 1 aliphatic carbocycles. The molecule has 136 valence electrons. The Morgan fingerprint density at radius 3 is 2.92 bits per heavy atom. The molecule has 0 saturated heterocycles. The summed E-state index contributed by atoms with van der Waals surface area (Å²) in [6.07, 6.45) is 15.4. The van der Waals surface area contributed by atoms with E-state index in [1.54, 1.807) is 18.3 Å². The lowest BCUT2D eigenvalue weighted by atomic mass is 9.73. The fraction of sp³-hybridized carbons (Fsp3) is 0.526. The number of hydrogen-bond donors (Lipinski definition) is 1. The fourth-order valence-electron chi connectivity index (χ4n) is 3.88. The molecule has 0 unspecified atom stereocenters. The molecule has 5 nitrogen and oxygen atoms in total. The highest BCUT2D eigenvalue weighted by Gasteiger charge is 2.28. The first-order valence-corrected chi connectivity index (χ1v) is 10.5. The lowest BCUT2D eigenvalue weighted by Crippen LogP contribution is -2.30. The Morgan fingerprint density at radius 1 is 1.32 bits per heavy atom. The van der Waals surface area contributed by atoms with Crippen LogP contribution in [-0.4, -0.2) is 38.4 Å². The van der Waals surface area contributed by atoms with E-state index in [0.29, 0.717) is 18.4 Å². The van der Waals surface area contributed by atoms with Crippen LogP contribution in [0.3, 0.4) is 0 Å². The minimum Gasteiger partial charge on any atom is -0.376 e. The number of rotatable bonds is 6. The van der Waals surface area contributed by atoms with Crippen LogP contribution >= 0.6 is 0 Å². The second-order valence-corrected chi connectivity index (χ2v) is 8.76. The lowest BCUT2D eigenvalue weighted by Gasteiger charge is -2.34. The van der Waals surface area contributed by atoms with Gasteiger partial charge in [-0.15, -0.1) is 0 Å². The summed E-state index contributed by atoms with van der Waals surface area (Å²) in [6.45, 7) is 1.44. The quantitative estimate of drug-likeness (QED) is 0.846. The molecular formula is C19H27N3O2S. The van der Waals surface area contributed by atoms with Crippen LogP contribution in [0, 0.1) is 11.8 Å². The molecule has 2 atom stereocenters. The van der Waals surface area contributed by atoms with Gasteiger partial charge in [-0.2, -0.15) is 0 Å². The van der Waals surface area contributed by atoms with Crippen LogP contribution in [0.4, 0.5) is 0 Å². The summed E-state index contributed by atoms with van der Waals surface area (Å²) in [5.41, 5.74) is 1.40. The normalized spacial score (nSPS) is 24.2. The predicted octanol–water partition coefficient (Wildman–Crippen LogP) is 2.94. The molecule has 0 spiro atoms. The Balaban J connectivity index is 1.60. The molecule has 3 rings (SSSR count). The molecule has 1 aromatic rings. The molecular weight excluding hydrogens is 334 g/mol. The van der Waals surface area contributed by atoms with Crippen molar-refractivity contribution in [2.24, 2.45) is 11.8 Å². The molecule has 6 heteroatoms. The summed E-state index contributed by atoms with van der Waals surface area (Å²) < 4.78 is 27.4. The van der Waals surface area contributed by atoms with Crippen molar-refractivity contribution in [1.29, 1.82) is 0 Å². The first-order valence-electron chi connectivity index (χ1n) is 9.04. The van der Waals surface area contributed by atoms with E-state index in [4.69, 9.17) is 0 Å². The number of hydrogen-bond acceptors (Lipinski definition) is 4. The van der Waals surface area contributed by atoms with E-state index in [9.17, 15) is 8.42 Å². The molecule has 0 bridgehead atoms. The van der Waals surface area contributed by atoms with Crippen molar-refractivity contribution in [3.63, 3.8) is 0 Å². The second-order valence-electron chi connectivity index (χ2n) is 7.00. The summed E-state index contributed by atoms with van der Waals surface area (Å²) in [6, 6.07) is 3.22. The summed E-state index contributed by atoms with van der Waals surface area (Å²) in [4.78, 5) is 6.34. The third-order valence-corrected chi connectivity index (χ3v) is 6.61. The summed E-state index contributed by atoms with van der Waals surface area (Å²) >= 11 is 0. The van der Waals surface area contributed by atoms with Gasteiger partial charge >= 0.3 is 0 Å². The van der Waals surface area contributed by atoms with E-state index in [1.165, 1.54) is 37.5 Å². The fourth-order valence-corrected chi connectivity index (χ4v) is 4.90. The zero-order valence-corrected chi connectivity index (χ0v) is 15.6. The van der Waals surface area contributed by atoms with E-state index in [2.05, 4.69) is 40.0 Å². The Hall–Kier alpha value is -1.66. The molecule has 0 aromatic carbocycles. The standard InChI is InChI=1S/C19H27N3O2S/c1-22-13-5-7-17(15-22)19-9-3-2-6-16(19)10-12-21-25(23,24)18-8-4-11-20-14-18/h4-5,7-8,11,14-16,19,21H,2-3,6,9-10,12-13H2,1H3/t16-,19+/m0/s1. The third-order valence-electron chi connectivity index (χ3n) is 5.16. The maximum Gasteiger partial charge on any atom is 0.242 e. The third kappa shape index (κ3) is 4.70. The van der Waals surface area contributed by atoms with Gasteiger partial charge in [-0.1, -0.05) is 25.0 Å². The summed E-state index contributed by atoms with van der Waals surface area (Å²) in [5.74, 6) is 1.07. The van der Waals surface area contributed by atoms with E-state index in [-0.39, 0.29) is 4.90 Å². The van der Waals surface area contributed by atoms with E-state index in [0.717, 1.165) is 13.0 Å². The van der Waals surface area contributed by atoms with E-state index < -0.39 is 10.0 Å². The van der Waals surface area contributed by atoms with Crippen LogP contribution in [0.2, 0.25) is 0 Å². The number of nitrogens with one attached hydrogen (secondary N) is 1. The van der Waals surface area contributed by atoms with Crippen molar-refractivity contribution in [3.05, 3.63) is 48.5 Å². The molecule has 0 amide bonds. The van der Waals surface area contributed by atoms with Gasteiger partial charge < -0.3 is 4.90 Å². The topological polar surface area (TPSA) is 62.3 Å². The smallest absolute Gasteiger partial charge is 0.242 e. The Kier molecular flexibility index (Phi) is 5.91. The zero-order chi connectivity index (χ0) is 17.7. The maximum absolute atomic E-state index is 12.3. The van der Waals surface area contributed by atoms with Crippen LogP contribution in [0.15, 0.2) is 53.3 Å². The second kappa shape index (κ2) is 8.15. The van der Waals surface area contributed by atoms with E-state index >= 15 is 0 Å². The van der Waals surface area contributed by atoms with Crippen LogP contribution in [0.5, 0.6) is 0 Å². The Labute approximate surface area is 150 Å². The van der Waals surface area contributed by atoms with Gasteiger partial charge in [0.25, 0.3) is 0 Å². The highest BCUT2D eigenvalue weighted by molar-refractivity contribution is 7.89. The molecule has 25 heavy (non-hydrogen) atoms. The minimum atomic E-state index is -3.46. The van der Waals surface area contributed by atoms with Gasteiger partial charge in [-0.05, 0) is 48.8 Å². The average Bonchev–Trinajstić information content (AvgIpc) is 2.63. The Bertz CT molecular complexity index is 728. The number of nitrogens with zero attached hydrogens (tertiary/aromatic N) is 2. The van der Waals surface area contributed by atoms with Gasteiger partial charge in [0, 0.05) is 38.7 Å². The highest BCUT2D eigenvalue weighted by Crippen LogP contribution is 2.38. The summed E-state index contributed by atoms with van der Waals surface area (Å²) in [5, 5.41) is 0. The van der Waals surface area contributed by atoms with Crippen molar-refractivity contribution in [3.8, 4) is 0 Å². The molecule has 1 saturated carbocycles. The predicted molar refractivity (Wildman–Crippen MR) is 99.3 cm³/mol. The number of likely N-dealkylation sites (N-methyl/N-ethyl adjacent to an activating group) is 1. The van der Waals surface area contributed by atoms with Crippen molar-refractivity contribution in [1.82, 2.24) is 14.6 Å². The first-order chi connectivity index (χ1) is 12.1. The van der Waals surface area contributed by atoms with E-state index in [1.807, 2.05) is 0 Å². The van der Waals surface area contributed by atoms with Crippen molar-refractivity contribution in [2.75, 3.05) is 20.1 Å². The average molecular weight is 362 g/mol. The molecule has 2 heterocycles.